The molecule has 1 aromatic carbocycles. The maximum Gasteiger partial charge on any atom is 0.166 e. The predicted molar refractivity (Wildman–Crippen MR) is 104 cm³/mol. The second kappa shape index (κ2) is 10.2. The Morgan fingerprint density at radius 2 is 1.52 bits per heavy atom. The number of carbonyl (C=O) groups excluding carboxylic acids is 1. The van der Waals surface area contributed by atoms with Gasteiger partial charge in [0.05, 0.1) is 5.56 Å². The van der Waals surface area contributed by atoms with Crippen molar-refractivity contribution in [3.63, 3.8) is 0 Å². The van der Waals surface area contributed by atoms with Gasteiger partial charge in [0, 0.05) is 17.5 Å². The molecule has 0 aliphatic rings. The van der Waals surface area contributed by atoms with Crippen molar-refractivity contribution in [3.05, 3.63) is 35.5 Å². The monoisotopic (exact) mass is 341 g/mol. The molecule has 3 heteroatoms. The first-order chi connectivity index (χ1) is 12.1. The fourth-order valence-electron chi connectivity index (χ4n) is 3.23. The van der Waals surface area contributed by atoms with E-state index < -0.39 is 0 Å². The zero-order chi connectivity index (χ0) is 18.1. The summed E-state index contributed by atoms with van der Waals surface area (Å²) in [6.45, 7) is 4.12. The number of phenols is 1. The summed E-state index contributed by atoms with van der Waals surface area (Å²) >= 11 is 0. The van der Waals surface area contributed by atoms with Crippen LogP contribution in [-0.4, -0.2) is 15.9 Å². The number of fused-ring (bicyclic) bond motifs is 1. The molecular formula is C22H31NO2. The minimum absolute atomic E-state index is 0.0191. The first-order valence-electron chi connectivity index (χ1n) is 9.76. The van der Waals surface area contributed by atoms with Crippen molar-refractivity contribution >= 4 is 16.7 Å². The lowest BCUT2D eigenvalue weighted by atomic mass is 10.0. The van der Waals surface area contributed by atoms with Crippen LogP contribution in [-0.2, 0) is 0 Å². The summed E-state index contributed by atoms with van der Waals surface area (Å²) in [6, 6.07) is 7.42. The van der Waals surface area contributed by atoms with Crippen LogP contribution in [0, 0.1) is 6.92 Å². The van der Waals surface area contributed by atoms with Gasteiger partial charge in [0.15, 0.2) is 11.5 Å². The molecule has 1 aromatic heterocycles. The molecule has 0 bridgehead atoms. The van der Waals surface area contributed by atoms with E-state index in [1.807, 2.05) is 25.1 Å². The number of aromatic hydroxyl groups is 1. The Kier molecular flexibility index (Phi) is 7.90. The van der Waals surface area contributed by atoms with Crippen molar-refractivity contribution < 1.29 is 9.90 Å². The van der Waals surface area contributed by atoms with Crippen LogP contribution in [0.5, 0.6) is 5.75 Å². The van der Waals surface area contributed by atoms with E-state index >= 15 is 0 Å². The molecule has 0 fully saturated rings. The Labute approximate surface area is 151 Å². The minimum Gasteiger partial charge on any atom is -0.505 e. The van der Waals surface area contributed by atoms with E-state index in [9.17, 15) is 9.90 Å². The Hall–Kier alpha value is -1.90. The number of phenolic OH excluding ortho intramolecular Hbond substituents is 1. The van der Waals surface area contributed by atoms with Gasteiger partial charge in [0.25, 0.3) is 0 Å². The molecule has 0 saturated heterocycles. The number of ketones is 1. The lowest BCUT2D eigenvalue weighted by Gasteiger charge is -2.07. The maximum atomic E-state index is 12.4. The highest BCUT2D eigenvalue weighted by Gasteiger charge is 2.14. The number of pyridine rings is 1. The SMILES string of the molecule is CCCCCCCCCCCC(=O)c1ccc2ccc(C)nc2c1O. The third-order valence-corrected chi connectivity index (χ3v) is 4.78. The quantitative estimate of drug-likeness (QED) is 0.382. The smallest absolute Gasteiger partial charge is 0.166 e. The first kappa shape index (κ1) is 19.4. The van der Waals surface area contributed by atoms with Crippen molar-refractivity contribution in [2.75, 3.05) is 0 Å². The molecule has 25 heavy (non-hydrogen) atoms. The van der Waals surface area contributed by atoms with Crippen LogP contribution in [0.15, 0.2) is 24.3 Å². The molecule has 0 saturated carbocycles. The molecule has 0 aliphatic carbocycles. The summed E-state index contributed by atoms with van der Waals surface area (Å²) in [5, 5.41) is 11.3. The van der Waals surface area contributed by atoms with E-state index in [0.29, 0.717) is 17.5 Å². The Morgan fingerprint density at radius 1 is 0.920 bits per heavy atom. The Bertz CT molecular complexity index is 694. The summed E-state index contributed by atoms with van der Waals surface area (Å²) in [7, 11) is 0. The molecule has 0 spiro atoms. The molecule has 0 atom stereocenters. The summed E-state index contributed by atoms with van der Waals surface area (Å²) in [5.41, 5.74) is 1.77. The van der Waals surface area contributed by atoms with Gasteiger partial charge in [-0.05, 0) is 25.5 Å². The number of hydrogen-bond acceptors (Lipinski definition) is 3. The third-order valence-electron chi connectivity index (χ3n) is 4.78. The summed E-state index contributed by atoms with van der Waals surface area (Å²) in [5.74, 6) is 0.0489. The van der Waals surface area contributed by atoms with Gasteiger partial charge in [-0.3, -0.25) is 4.79 Å². The summed E-state index contributed by atoms with van der Waals surface area (Å²) in [4.78, 5) is 16.8. The number of aryl methyl sites for hydroxylation is 1. The predicted octanol–water partition coefficient (Wildman–Crippen LogP) is 6.35. The standard InChI is InChI=1S/C22H31NO2/c1-3-4-5-6-7-8-9-10-11-12-20(24)19-16-15-18-14-13-17(2)23-21(18)22(19)25/h13-16,25H,3-12H2,1-2H3. The highest BCUT2D eigenvalue weighted by Crippen LogP contribution is 2.28. The highest BCUT2D eigenvalue weighted by atomic mass is 16.3. The molecule has 0 aliphatic heterocycles. The molecule has 1 heterocycles. The fraction of sp³-hybridized carbons (Fsp3) is 0.545. The fourth-order valence-corrected chi connectivity index (χ4v) is 3.23. The van der Waals surface area contributed by atoms with Crippen LogP contribution in [0.4, 0.5) is 0 Å². The third kappa shape index (κ3) is 5.84. The number of unbranched alkanes of at least 4 members (excludes halogenated alkanes) is 8. The number of benzene rings is 1. The number of aromatic nitrogens is 1. The average Bonchev–Trinajstić information content (AvgIpc) is 2.61. The van der Waals surface area contributed by atoms with Gasteiger partial charge >= 0.3 is 0 Å². The lowest BCUT2D eigenvalue weighted by Crippen LogP contribution is -2.00. The van der Waals surface area contributed by atoms with Crippen LogP contribution < -0.4 is 0 Å². The molecule has 2 rings (SSSR count). The van der Waals surface area contributed by atoms with E-state index in [0.717, 1.165) is 23.9 Å². The number of Topliss-reactive ketones (excluding diaryl/α,β-unsaturated/α-hetero) is 1. The molecule has 3 nitrogen and oxygen atoms in total. The van der Waals surface area contributed by atoms with Crippen molar-refractivity contribution in [3.8, 4) is 5.75 Å². The normalized spacial score (nSPS) is 11.1. The van der Waals surface area contributed by atoms with Crippen molar-refractivity contribution in [2.45, 2.75) is 78.1 Å². The van der Waals surface area contributed by atoms with Crippen LogP contribution in [0.25, 0.3) is 10.9 Å². The second-order valence-electron chi connectivity index (χ2n) is 6.99. The molecular weight excluding hydrogens is 310 g/mol. The van der Waals surface area contributed by atoms with Gasteiger partial charge in [-0.25, -0.2) is 4.98 Å². The van der Waals surface area contributed by atoms with Crippen LogP contribution in [0.3, 0.4) is 0 Å². The molecule has 1 N–H and O–H groups in total. The van der Waals surface area contributed by atoms with Gasteiger partial charge in [-0.1, -0.05) is 70.4 Å². The number of rotatable bonds is 11. The van der Waals surface area contributed by atoms with Gasteiger partial charge < -0.3 is 5.11 Å². The molecule has 0 amide bonds. The Balaban J connectivity index is 1.78. The van der Waals surface area contributed by atoms with E-state index in [-0.39, 0.29) is 11.5 Å². The minimum atomic E-state index is 0.0191. The summed E-state index contributed by atoms with van der Waals surface area (Å²) in [6.07, 6.45) is 11.6. The van der Waals surface area contributed by atoms with Gasteiger partial charge in [-0.2, -0.15) is 0 Å². The second-order valence-corrected chi connectivity index (χ2v) is 6.99. The van der Waals surface area contributed by atoms with Crippen molar-refractivity contribution in [1.29, 1.82) is 0 Å². The number of hydrogen-bond donors (Lipinski definition) is 1. The highest BCUT2D eigenvalue weighted by molar-refractivity contribution is 6.03. The van der Waals surface area contributed by atoms with Crippen LogP contribution in [0.1, 0.15) is 87.2 Å². The molecule has 136 valence electrons. The van der Waals surface area contributed by atoms with E-state index in [4.69, 9.17) is 0 Å². The van der Waals surface area contributed by atoms with Gasteiger partial charge in [-0.15, -0.1) is 0 Å². The van der Waals surface area contributed by atoms with Crippen molar-refractivity contribution in [2.24, 2.45) is 0 Å². The first-order valence-corrected chi connectivity index (χ1v) is 9.76. The van der Waals surface area contributed by atoms with Gasteiger partial charge in [0.2, 0.25) is 0 Å². The maximum absolute atomic E-state index is 12.4. The van der Waals surface area contributed by atoms with Crippen LogP contribution >= 0.6 is 0 Å². The topological polar surface area (TPSA) is 50.2 Å². The summed E-state index contributed by atoms with van der Waals surface area (Å²) < 4.78 is 0. The van der Waals surface area contributed by atoms with Crippen molar-refractivity contribution in [1.82, 2.24) is 4.98 Å². The van der Waals surface area contributed by atoms with E-state index in [2.05, 4.69) is 11.9 Å². The zero-order valence-electron chi connectivity index (χ0n) is 15.7. The number of carbonyl (C=O) groups is 1. The Morgan fingerprint density at radius 3 is 2.20 bits per heavy atom. The molecule has 2 aromatic rings. The largest absolute Gasteiger partial charge is 0.505 e. The van der Waals surface area contributed by atoms with E-state index in [1.165, 1.54) is 44.9 Å². The average molecular weight is 341 g/mol. The van der Waals surface area contributed by atoms with E-state index in [1.54, 1.807) is 6.07 Å². The number of nitrogens with zero attached hydrogens (tertiary/aromatic N) is 1. The zero-order valence-corrected chi connectivity index (χ0v) is 15.7. The molecule has 0 unspecified atom stereocenters. The molecule has 0 radical (unpaired) electrons. The van der Waals surface area contributed by atoms with Gasteiger partial charge in [0.1, 0.15) is 5.52 Å². The van der Waals surface area contributed by atoms with Crippen LogP contribution in [0.2, 0.25) is 0 Å². The lowest BCUT2D eigenvalue weighted by molar-refractivity contribution is 0.0976.